The number of hydrogen-bond acceptors (Lipinski definition) is 1. The van der Waals surface area contributed by atoms with Crippen LogP contribution in [0.4, 0.5) is 0 Å². The van der Waals surface area contributed by atoms with Crippen LogP contribution in [-0.4, -0.2) is 18.1 Å². The molecule has 2 atom stereocenters. The highest BCUT2D eigenvalue weighted by atomic mass is 35.5. The van der Waals surface area contributed by atoms with Gasteiger partial charge in [0.05, 0.1) is 18.1 Å². The van der Waals surface area contributed by atoms with Crippen LogP contribution in [0.5, 0.6) is 0 Å². The number of hydrogen-bond donors (Lipinski definition) is 0. The van der Waals surface area contributed by atoms with Crippen LogP contribution >= 0.6 is 11.6 Å². The molecular formula is C6H9ClO. The molecule has 1 heterocycles. The smallest absolute Gasteiger partial charge is 0.0827 e. The van der Waals surface area contributed by atoms with Crippen molar-refractivity contribution in [3.8, 4) is 0 Å². The fourth-order valence-corrected chi connectivity index (χ4v) is 0.750. The van der Waals surface area contributed by atoms with E-state index in [1.807, 2.05) is 0 Å². The molecule has 2 heteroatoms. The second-order valence-corrected chi connectivity index (χ2v) is 2.50. The van der Waals surface area contributed by atoms with Crippen LogP contribution in [0.2, 0.25) is 0 Å². The maximum Gasteiger partial charge on any atom is 0.0827 e. The highest BCUT2D eigenvalue weighted by Crippen LogP contribution is 2.18. The molecule has 0 aromatic rings. The molecule has 1 aliphatic rings. The first-order valence-electron chi connectivity index (χ1n) is 2.71. The van der Waals surface area contributed by atoms with Crippen molar-refractivity contribution in [1.29, 1.82) is 0 Å². The molecule has 0 amide bonds. The number of allylic oxidation sites excluding steroid dienone is 1. The van der Waals surface area contributed by atoms with Gasteiger partial charge >= 0.3 is 0 Å². The summed E-state index contributed by atoms with van der Waals surface area (Å²) in [5, 5.41) is 0.0995. The third-order valence-electron chi connectivity index (χ3n) is 1.15. The van der Waals surface area contributed by atoms with Crippen LogP contribution in [-0.2, 0) is 4.74 Å². The minimum atomic E-state index is 0.0995. The van der Waals surface area contributed by atoms with Gasteiger partial charge < -0.3 is 4.74 Å². The summed E-state index contributed by atoms with van der Waals surface area (Å²) in [6, 6.07) is 0. The average molecular weight is 133 g/mol. The van der Waals surface area contributed by atoms with Gasteiger partial charge in [-0.2, -0.15) is 0 Å². The zero-order valence-corrected chi connectivity index (χ0v) is 5.40. The lowest BCUT2D eigenvalue weighted by Crippen LogP contribution is -1.97. The minimum Gasteiger partial charge on any atom is -0.373 e. The lowest BCUT2D eigenvalue weighted by Gasteiger charge is -1.95. The van der Waals surface area contributed by atoms with Crippen molar-refractivity contribution in [3.63, 3.8) is 0 Å². The van der Waals surface area contributed by atoms with Crippen molar-refractivity contribution in [2.75, 3.05) is 6.61 Å². The Morgan fingerprint density at radius 3 is 3.00 bits per heavy atom. The molecule has 8 heavy (non-hydrogen) atoms. The molecule has 0 spiro atoms. The fourth-order valence-electron chi connectivity index (χ4n) is 0.551. The fraction of sp³-hybridized carbons (Fsp3) is 0.667. The van der Waals surface area contributed by atoms with Crippen molar-refractivity contribution >= 4 is 11.6 Å². The molecule has 0 radical (unpaired) electrons. The van der Waals surface area contributed by atoms with Gasteiger partial charge in [0.1, 0.15) is 0 Å². The lowest BCUT2D eigenvalue weighted by molar-refractivity contribution is 0.399. The molecule has 1 aliphatic heterocycles. The molecule has 1 nitrogen and oxygen atoms in total. The highest BCUT2D eigenvalue weighted by Gasteiger charge is 2.24. The Morgan fingerprint density at radius 2 is 2.62 bits per heavy atom. The van der Waals surface area contributed by atoms with E-state index in [2.05, 4.69) is 6.58 Å². The van der Waals surface area contributed by atoms with Gasteiger partial charge in [-0.3, -0.25) is 0 Å². The Balaban J connectivity index is 2.06. The molecule has 0 bridgehead atoms. The van der Waals surface area contributed by atoms with E-state index in [0.717, 1.165) is 13.0 Å². The SMILES string of the molecule is C=CC(Cl)CC1CO1. The topological polar surface area (TPSA) is 12.5 Å². The van der Waals surface area contributed by atoms with E-state index in [9.17, 15) is 0 Å². The molecule has 0 aromatic carbocycles. The van der Waals surface area contributed by atoms with Crippen LogP contribution < -0.4 is 0 Å². The summed E-state index contributed by atoms with van der Waals surface area (Å²) in [5.41, 5.74) is 0. The average Bonchev–Trinajstić information content (AvgIpc) is 2.50. The molecular weight excluding hydrogens is 124 g/mol. The first kappa shape index (κ1) is 6.12. The van der Waals surface area contributed by atoms with Crippen molar-refractivity contribution in [2.24, 2.45) is 0 Å². The van der Waals surface area contributed by atoms with Crippen LogP contribution in [0.1, 0.15) is 6.42 Å². The van der Waals surface area contributed by atoms with Crippen LogP contribution in [0.25, 0.3) is 0 Å². The van der Waals surface area contributed by atoms with Crippen LogP contribution in [0.3, 0.4) is 0 Å². The quantitative estimate of drug-likeness (QED) is 0.323. The van der Waals surface area contributed by atoms with E-state index in [4.69, 9.17) is 16.3 Å². The summed E-state index contributed by atoms with van der Waals surface area (Å²) in [6.07, 6.45) is 3.09. The molecule has 46 valence electrons. The second-order valence-electron chi connectivity index (χ2n) is 1.94. The van der Waals surface area contributed by atoms with Crippen molar-refractivity contribution in [1.82, 2.24) is 0 Å². The van der Waals surface area contributed by atoms with Gasteiger partial charge in [-0.1, -0.05) is 6.08 Å². The number of epoxide rings is 1. The van der Waals surface area contributed by atoms with E-state index in [1.165, 1.54) is 0 Å². The lowest BCUT2D eigenvalue weighted by atomic mass is 10.2. The number of alkyl halides is 1. The first-order valence-corrected chi connectivity index (χ1v) is 3.15. The third kappa shape index (κ3) is 1.85. The molecule has 2 unspecified atom stereocenters. The number of rotatable bonds is 3. The predicted octanol–water partition coefficient (Wildman–Crippen LogP) is 1.57. The Morgan fingerprint density at radius 1 is 2.00 bits per heavy atom. The minimum absolute atomic E-state index is 0.0995. The van der Waals surface area contributed by atoms with Crippen molar-refractivity contribution in [3.05, 3.63) is 12.7 Å². The second kappa shape index (κ2) is 2.51. The van der Waals surface area contributed by atoms with Gasteiger partial charge in [0.25, 0.3) is 0 Å². The summed E-state index contributed by atoms with van der Waals surface area (Å²) in [7, 11) is 0. The monoisotopic (exact) mass is 132 g/mol. The highest BCUT2D eigenvalue weighted by molar-refractivity contribution is 6.21. The third-order valence-corrected chi connectivity index (χ3v) is 1.50. The van der Waals surface area contributed by atoms with E-state index < -0.39 is 0 Å². The Hall–Kier alpha value is -0.0100. The van der Waals surface area contributed by atoms with Gasteiger partial charge in [0.2, 0.25) is 0 Å². The summed E-state index contributed by atoms with van der Waals surface area (Å²) in [4.78, 5) is 0. The van der Waals surface area contributed by atoms with Crippen LogP contribution in [0, 0.1) is 0 Å². The largest absolute Gasteiger partial charge is 0.373 e. The van der Waals surface area contributed by atoms with E-state index in [-0.39, 0.29) is 5.38 Å². The van der Waals surface area contributed by atoms with Crippen molar-refractivity contribution < 1.29 is 4.74 Å². The molecule has 1 saturated heterocycles. The summed E-state index contributed by atoms with van der Waals surface area (Å²) in [5.74, 6) is 0. The van der Waals surface area contributed by atoms with Crippen LogP contribution in [0.15, 0.2) is 12.7 Å². The zero-order valence-electron chi connectivity index (χ0n) is 4.64. The predicted molar refractivity (Wildman–Crippen MR) is 34.2 cm³/mol. The standard InChI is InChI=1S/C6H9ClO/c1-2-5(7)3-6-4-8-6/h2,5-6H,1,3-4H2. The number of halogens is 1. The van der Waals surface area contributed by atoms with E-state index >= 15 is 0 Å². The van der Waals surface area contributed by atoms with E-state index in [0.29, 0.717) is 6.10 Å². The molecule has 0 N–H and O–H groups in total. The molecule has 0 aliphatic carbocycles. The summed E-state index contributed by atoms with van der Waals surface area (Å²) < 4.78 is 4.95. The maximum absolute atomic E-state index is 5.70. The number of ether oxygens (including phenoxy) is 1. The molecule has 1 rings (SSSR count). The zero-order chi connectivity index (χ0) is 5.98. The maximum atomic E-state index is 5.70. The van der Waals surface area contributed by atoms with Gasteiger partial charge in [-0.15, -0.1) is 18.2 Å². The molecule has 1 fully saturated rings. The normalized spacial score (nSPS) is 29.4. The Labute approximate surface area is 54.3 Å². The van der Waals surface area contributed by atoms with Crippen molar-refractivity contribution in [2.45, 2.75) is 17.9 Å². The first-order chi connectivity index (χ1) is 3.83. The van der Waals surface area contributed by atoms with Gasteiger partial charge in [-0.25, -0.2) is 0 Å². The summed E-state index contributed by atoms with van der Waals surface area (Å²) in [6.45, 7) is 4.44. The Bertz CT molecular complexity index is 88.5. The molecule has 0 saturated carbocycles. The van der Waals surface area contributed by atoms with Gasteiger partial charge in [-0.05, 0) is 6.42 Å². The van der Waals surface area contributed by atoms with Gasteiger partial charge in [0.15, 0.2) is 0 Å². The summed E-state index contributed by atoms with van der Waals surface area (Å²) >= 11 is 5.70. The van der Waals surface area contributed by atoms with E-state index in [1.54, 1.807) is 6.08 Å². The van der Waals surface area contributed by atoms with Gasteiger partial charge in [0, 0.05) is 0 Å². The molecule has 0 aromatic heterocycles. The Kier molecular flexibility index (Phi) is 1.92.